The normalized spacial score (nSPS) is 11.8. The predicted molar refractivity (Wildman–Crippen MR) is 101 cm³/mol. The van der Waals surface area contributed by atoms with Crippen LogP contribution in [0.3, 0.4) is 0 Å². The molecule has 2 aromatic rings. The number of carbonyl (C=O) groups excluding carboxylic acids is 1. The van der Waals surface area contributed by atoms with Gasteiger partial charge in [0.15, 0.2) is 5.16 Å². The van der Waals surface area contributed by atoms with E-state index < -0.39 is 5.25 Å². The standard InChI is InChI=1S/C17H20ClN3O3S/c1-4-10-9-15(22)21-17(20-10)25-14(5-2)16(23)19-11-6-7-13(24-3)12(18)8-11/h6-9,14H,4-5H2,1-3H3,(H,19,23)(H,20,21,22). The Bertz CT molecular complexity index is 810. The Morgan fingerprint density at radius 3 is 2.76 bits per heavy atom. The minimum Gasteiger partial charge on any atom is -0.495 e. The number of benzene rings is 1. The summed E-state index contributed by atoms with van der Waals surface area (Å²) in [5, 5.41) is 3.30. The molecule has 0 spiro atoms. The highest BCUT2D eigenvalue weighted by molar-refractivity contribution is 8.00. The minimum atomic E-state index is -0.392. The number of aromatic nitrogens is 2. The van der Waals surface area contributed by atoms with Crippen LogP contribution >= 0.6 is 23.4 Å². The van der Waals surface area contributed by atoms with Crippen molar-refractivity contribution >= 4 is 35.0 Å². The van der Waals surface area contributed by atoms with E-state index >= 15 is 0 Å². The van der Waals surface area contributed by atoms with E-state index in [4.69, 9.17) is 16.3 Å². The monoisotopic (exact) mass is 381 g/mol. The predicted octanol–water partition coefficient (Wildman–Crippen LogP) is 3.50. The second-order valence-electron chi connectivity index (χ2n) is 5.25. The molecule has 0 aliphatic heterocycles. The third kappa shape index (κ3) is 5.24. The number of carbonyl (C=O) groups is 1. The molecule has 2 N–H and O–H groups in total. The number of aromatic amines is 1. The van der Waals surface area contributed by atoms with Crippen LogP contribution in [0.4, 0.5) is 5.69 Å². The summed E-state index contributed by atoms with van der Waals surface area (Å²) in [5.41, 5.74) is 1.06. The lowest BCUT2D eigenvalue weighted by atomic mass is 10.2. The molecule has 0 aliphatic carbocycles. The summed E-state index contributed by atoms with van der Waals surface area (Å²) in [4.78, 5) is 31.2. The molecule has 1 unspecified atom stereocenters. The van der Waals surface area contributed by atoms with E-state index in [9.17, 15) is 9.59 Å². The van der Waals surface area contributed by atoms with E-state index in [-0.39, 0.29) is 11.5 Å². The molecule has 134 valence electrons. The summed E-state index contributed by atoms with van der Waals surface area (Å²) in [6.45, 7) is 3.83. The van der Waals surface area contributed by atoms with Gasteiger partial charge in [0.25, 0.3) is 5.56 Å². The maximum absolute atomic E-state index is 12.5. The van der Waals surface area contributed by atoms with E-state index in [0.717, 1.165) is 0 Å². The molecule has 0 saturated heterocycles. The van der Waals surface area contributed by atoms with Gasteiger partial charge in [0.2, 0.25) is 5.91 Å². The maximum atomic E-state index is 12.5. The maximum Gasteiger partial charge on any atom is 0.251 e. The second kappa shape index (κ2) is 8.92. The molecular weight excluding hydrogens is 362 g/mol. The molecule has 1 amide bonds. The summed E-state index contributed by atoms with van der Waals surface area (Å²) >= 11 is 7.31. The zero-order valence-corrected chi connectivity index (χ0v) is 15.8. The highest BCUT2D eigenvalue weighted by Gasteiger charge is 2.20. The molecular formula is C17H20ClN3O3S. The summed E-state index contributed by atoms with van der Waals surface area (Å²) < 4.78 is 5.09. The highest BCUT2D eigenvalue weighted by Crippen LogP contribution is 2.28. The molecule has 1 heterocycles. The van der Waals surface area contributed by atoms with Gasteiger partial charge in [-0.15, -0.1) is 0 Å². The molecule has 1 aromatic carbocycles. The largest absolute Gasteiger partial charge is 0.495 e. The zero-order valence-electron chi connectivity index (χ0n) is 14.3. The van der Waals surface area contributed by atoms with Gasteiger partial charge >= 0.3 is 0 Å². The molecule has 0 radical (unpaired) electrons. The Morgan fingerprint density at radius 1 is 1.40 bits per heavy atom. The Kier molecular flexibility index (Phi) is 6.90. The number of nitrogens with one attached hydrogen (secondary N) is 2. The SMILES string of the molecule is CCc1cc(=O)[nH]c(SC(CC)C(=O)Nc2ccc(OC)c(Cl)c2)n1. The number of nitrogens with zero attached hydrogens (tertiary/aromatic N) is 1. The molecule has 0 bridgehead atoms. The first-order valence-corrected chi connectivity index (χ1v) is 9.13. The van der Waals surface area contributed by atoms with Crippen molar-refractivity contribution in [1.82, 2.24) is 9.97 Å². The fourth-order valence-corrected chi connectivity index (χ4v) is 3.33. The van der Waals surface area contributed by atoms with Crippen LogP contribution in [0.1, 0.15) is 26.0 Å². The number of amides is 1. The molecule has 1 aromatic heterocycles. The van der Waals surface area contributed by atoms with Gasteiger partial charge in [-0.2, -0.15) is 0 Å². The topological polar surface area (TPSA) is 84.1 Å². The summed E-state index contributed by atoms with van der Waals surface area (Å²) in [6, 6.07) is 6.51. The number of thioether (sulfide) groups is 1. The van der Waals surface area contributed by atoms with Gasteiger partial charge in [-0.25, -0.2) is 4.98 Å². The number of rotatable bonds is 7. The lowest BCUT2D eigenvalue weighted by Crippen LogP contribution is -2.25. The van der Waals surface area contributed by atoms with Crippen molar-refractivity contribution in [2.24, 2.45) is 0 Å². The van der Waals surface area contributed by atoms with Crippen LogP contribution in [0.15, 0.2) is 34.2 Å². The molecule has 0 aliphatic rings. The van der Waals surface area contributed by atoms with Crippen molar-refractivity contribution in [2.75, 3.05) is 12.4 Å². The van der Waals surface area contributed by atoms with Gasteiger partial charge in [0, 0.05) is 17.4 Å². The van der Waals surface area contributed by atoms with Gasteiger partial charge < -0.3 is 15.0 Å². The lowest BCUT2D eigenvalue weighted by Gasteiger charge is -2.15. The Morgan fingerprint density at radius 2 is 2.16 bits per heavy atom. The highest BCUT2D eigenvalue weighted by atomic mass is 35.5. The smallest absolute Gasteiger partial charge is 0.251 e. The van der Waals surface area contributed by atoms with Crippen molar-refractivity contribution in [3.05, 3.63) is 45.3 Å². The number of hydrogen-bond donors (Lipinski definition) is 2. The first-order chi connectivity index (χ1) is 12.0. The van der Waals surface area contributed by atoms with Crippen molar-refractivity contribution < 1.29 is 9.53 Å². The number of methoxy groups -OCH3 is 1. The fraction of sp³-hybridized carbons (Fsp3) is 0.353. The molecule has 2 rings (SSSR count). The van der Waals surface area contributed by atoms with Crippen LogP contribution in [0.2, 0.25) is 5.02 Å². The molecule has 25 heavy (non-hydrogen) atoms. The number of H-pyrrole nitrogens is 1. The van der Waals surface area contributed by atoms with Crippen molar-refractivity contribution in [1.29, 1.82) is 0 Å². The molecule has 0 saturated carbocycles. The van der Waals surface area contributed by atoms with Crippen LogP contribution in [0.25, 0.3) is 0 Å². The van der Waals surface area contributed by atoms with Crippen LogP contribution in [-0.4, -0.2) is 28.2 Å². The average Bonchev–Trinajstić information content (AvgIpc) is 2.59. The van der Waals surface area contributed by atoms with Gasteiger partial charge in [-0.3, -0.25) is 9.59 Å². The van der Waals surface area contributed by atoms with E-state index in [2.05, 4.69) is 15.3 Å². The fourth-order valence-electron chi connectivity index (χ4n) is 2.14. The van der Waals surface area contributed by atoms with Crippen LogP contribution in [-0.2, 0) is 11.2 Å². The molecule has 1 atom stereocenters. The first kappa shape index (κ1) is 19.3. The zero-order chi connectivity index (χ0) is 18.4. The van der Waals surface area contributed by atoms with Crippen molar-refractivity contribution in [3.8, 4) is 5.75 Å². The number of hydrogen-bond acceptors (Lipinski definition) is 5. The van der Waals surface area contributed by atoms with E-state index in [1.54, 1.807) is 18.2 Å². The number of aryl methyl sites for hydroxylation is 1. The third-order valence-electron chi connectivity index (χ3n) is 3.47. The van der Waals surface area contributed by atoms with Crippen molar-refractivity contribution in [2.45, 2.75) is 37.1 Å². The van der Waals surface area contributed by atoms with Crippen molar-refractivity contribution in [3.63, 3.8) is 0 Å². The van der Waals surface area contributed by atoms with Crippen LogP contribution < -0.4 is 15.6 Å². The summed E-state index contributed by atoms with van der Waals surface area (Å²) in [6.07, 6.45) is 1.24. The Balaban J connectivity index is 2.12. The minimum absolute atomic E-state index is 0.182. The molecule has 6 nitrogen and oxygen atoms in total. The van der Waals surface area contributed by atoms with Gasteiger partial charge in [-0.05, 0) is 31.0 Å². The molecule has 0 fully saturated rings. The quantitative estimate of drug-likeness (QED) is 0.566. The van der Waals surface area contributed by atoms with Crippen LogP contribution in [0, 0.1) is 0 Å². The number of ether oxygens (including phenoxy) is 1. The van der Waals surface area contributed by atoms with E-state index in [1.807, 2.05) is 13.8 Å². The van der Waals surface area contributed by atoms with Gasteiger partial charge in [0.05, 0.1) is 17.4 Å². The summed E-state index contributed by atoms with van der Waals surface area (Å²) in [7, 11) is 1.53. The Hall–Kier alpha value is -1.99. The first-order valence-electron chi connectivity index (χ1n) is 7.88. The van der Waals surface area contributed by atoms with Crippen LogP contribution in [0.5, 0.6) is 5.75 Å². The molecule has 8 heteroatoms. The third-order valence-corrected chi connectivity index (χ3v) is 5.02. The Labute approximate surface area is 155 Å². The average molecular weight is 382 g/mol. The number of halogens is 1. The lowest BCUT2D eigenvalue weighted by molar-refractivity contribution is -0.115. The van der Waals surface area contributed by atoms with Gasteiger partial charge in [-0.1, -0.05) is 37.2 Å². The van der Waals surface area contributed by atoms with E-state index in [1.165, 1.54) is 24.9 Å². The second-order valence-corrected chi connectivity index (χ2v) is 6.85. The van der Waals surface area contributed by atoms with E-state index in [0.29, 0.717) is 40.2 Å². The summed E-state index contributed by atoms with van der Waals surface area (Å²) in [5.74, 6) is 0.359. The van der Waals surface area contributed by atoms with Gasteiger partial charge in [0.1, 0.15) is 5.75 Å². The number of anilines is 1.